The van der Waals surface area contributed by atoms with Crippen LogP contribution in [-0.4, -0.2) is 51.5 Å². The number of aliphatic carboxylic acids is 1. The predicted octanol–water partition coefficient (Wildman–Crippen LogP) is 7.64. The Balaban J connectivity index is 1.21. The van der Waals surface area contributed by atoms with Crippen LogP contribution in [-0.2, 0) is 22.7 Å². The minimum Gasteiger partial charge on any atom is -0.478 e. The van der Waals surface area contributed by atoms with Gasteiger partial charge in [-0.15, -0.1) is 11.3 Å². The van der Waals surface area contributed by atoms with Crippen molar-refractivity contribution in [1.29, 1.82) is 0 Å². The Morgan fingerprint density at radius 2 is 1.70 bits per heavy atom. The van der Waals surface area contributed by atoms with Gasteiger partial charge in [0.15, 0.2) is 0 Å². The van der Waals surface area contributed by atoms with E-state index >= 15 is 0 Å². The van der Waals surface area contributed by atoms with E-state index in [0.29, 0.717) is 29.3 Å². The third-order valence-electron chi connectivity index (χ3n) is 10.3. The standard InChI is InChI=1S/C38H42N4O4S/c1-41-21-22-42-30-23-31(47-35(30)33(26-9-3-2-4-10-26)34(42)29-12-6-5-11-27(29)24-41)36(45)40-38(19-7-8-20-38)37(46)39-28-16-13-25(14-17-28)15-18-32(43)44/h5-6,11-18,23,26H,2-4,7-10,19-22,24H2,1H3,(H,39,46)(H,40,45)(H,43,44)/b18-15+. The van der Waals surface area contributed by atoms with Crippen molar-refractivity contribution in [2.45, 2.75) is 82.3 Å². The summed E-state index contributed by atoms with van der Waals surface area (Å²) in [4.78, 5) is 41.7. The van der Waals surface area contributed by atoms with E-state index in [0.717, 1.165) is 49.6 Å². The number of carbonyl (C=O) groups is 3. The first-order valence-electron chi connectivity index (χ1n) is 16.9. The van der Waals surface area contributed by atoms with Crippen LogP contribution in [0.25, 0.3) is 27.6 Å². The number of amides is 2. The Morgan fingerprint density at radius 3 is 2.45 bits per heavy atom. The van der Waals surface area contributed by atoms with Crippen LogP contribution in [0.2, 0.25) is 0 Å². The van der Waals surface area contributed by atoms with Crippen LogP contribution >= 0.6 is 11.3 Å². The molecule has 7 rings (SSSR count). The number of carboxylic acids is 1. The van der Waals surface area contributed by atoms with Gasteiger partial charge in [0.25, 0.3) is 5.91 Å². The zero-order valence-corrected chi connectivity index (χ0v) is 27.7. The zero-order chi connectivity index (χ0) is 32.5. The number of nitrogens with one attached hydrogen (secondary N) is 2. The average Bonchev–Trinajstić information content (AvgIpc) is 3.79. The number of benzene rings is 2. The second-order valence-electron chi connectivity index (χ2n) is 13.5. The molecule has 9 heteroatoms. The molecule has 2 saturated carbocycles. The largest absolute Gasteiger partial charge is 0.478 e. The zero-order valence-electron chi connectivity index (χ0n) is 26.9. The fourth-order valence-corrected chi connectivity index (χ4v) is 9.03. The second kappa shape index (κ2) is 13.1. The molecule has 2 aliphatic carbocycles. The van der Waals surface area contributed by atoms with Gasteiger partial charge in [-0.25, -0.2) is 4.79 Å². The van der Waals surface area contributed by atoms with Crippen molar-refractivity contribution in [1.82, 2.24) is 14.8 Å². The number of fused-ring (bicyclic) bond motifs is 5. The first kappa shape index (κ1) is 31.4. The van der Waals surface area contributed by atoms with E-state index in [9.17, 15) is 14.4 Å². The molecule has 3 heterocycles. The summed E-state index contributed by atoms with van der Waals surface area (Å²) in [6.07, 6.45) is 11.6. The molecule has 244 valence electrons. The molecule has 0 spiro atoms. The maximum Gasteiger partial charge on any atom is 0.328 e. The van der Waals surface area contributed by atoms with Crippen LogP contribution in [0.3, 0.4) is 0 Å². The van der Waals surface area contributed by atoms with Gasteiger partial charge in [0.1, 0.15) is 5.54 Å². The van der Waals surface area contributed by atoms with Gasteiger partial charge < -0.3 is 25.2 Å². The van der Waals surface area contributed by atoms with E-state index in [-0.39, 0.29) is 11.8 Å². The van der Waals surface area contributed by atoms with E-state index < -0.39 is 11.5 Å². The molecule has 2 amide bonds. The lowest BCUT2D eigenvalue weighted by atomic mass is 9.82. The number of nitrogens with zero attached hydrogens (tertiary/aromatic N) is 2. The molecular formula is C38H42N4O4S. The van der Waals surface area contributed by atoms with Crippen molar-refractivity contribution in [3.05, 3.63) is 82.2 Å². The van der Waals surface area contributed by atoms with Crippen molar-refractivity contribution in [2.24, 2.45) is 0 Å². The van der Waals surface area contributed by atoms with Crippen LogP contribution in [0.4, 0.5) is 5.69 Å². The van der Waals surface area contributed by atoms with Crippen LogP contribution in [0.1, 0.15) is 90.1 Å². The summed E-state index contributed by atoms with van der Waals surface area (Å²) < 4.78 is 3.69. The van der Waals surface area contributed by atoms with Gasteiger partial charge in [0, 0.05) is 37.0 Å². The molecule has 47 heavy (non-hydrogen) atoms. The Labute approximate surface area is 279 Å². The predicted molar refractivity (Wildman–Crippen MR) is 188 cm³/mol. The number of rotatable bonds is 7. The lowest BCUT2D eigenvalue weighted by molar-refractivity contribution is -0.131. The summed E-state index contributed by atoms with van der Waals surface area (Å²) in [5.41, 5.74) is 6.87. The van der Waals surface area contributed by atoms with Crippen molar-refractivity contribution in [3.63, 3.8) is 0 Å². The molecule has 8 nitrogen and oxygen atoms in total. The SMILES string of the molecule is CN1CCn2c(c(C3CCCCC3)c3sc(C(=O)NC4(C(=O)Nc5ccc(/C=C/C(=O)O)cc5)CCCC4)cc32)-c2ccccc2C1. The fourth-order valence-electron chi connectivity index (χ4n) is 7.84. The van der Waals surface area contributed by atoms with Crippen LogP contribution in [0.5, 0.6) is 0 Å². The minimum absolute atomic E-state index is 0.190. The lowest BCUT2D eigenvalue weighted by Gasteiger charge is -2.29. The van der Waals surface area contributed by atoms with Crippen LogP contribution in [0.15, 0.2) is 60.7 Å². The first-order valence-corrected chi connectivity index (χ1v) is 17.7. The Kier molecular flexibility index (Phi) is 8.77. The molecule has 0 radical (unpaired) electrons. The number of hydrogen-bond donors (Lipinski definition) is 3. The highest BCUT2D eigenvalue weighted by Gasteiger charge is 2.43. The van der Waals surface area contributed by atoms with E-state index in [4.69, 9.17) is 5.11 Å². The van der Waals surface area contributed by atoms with E-state index in [1.165, 1.54) is 65.3 Å². The maximum absolute atomic E-state index is 14.1. The van der Waals surface area contributed by atoms with E-state index in [2.05, 4.69) is 57.5 Å². The normalized spacial score (nSPS) is 18.4. The summed E-state index contributed by atoms with van der Waals surface area (Å²) in [5, 5.41) is 15.1. The number of carboxylic acid groups (broad SMARTS) is 1. The summed E-state index contributed by atoms with van der Waals surface area (Å²) in [6, 6.07) is 17.9. The van der Waals surface area contributed by atoms with Gasteiger partial charge in [-0.3, -0.25) is 9.59 Å². The number of likely N-dealkylation sites (N-methyl/N-ethyl adjacent to an activating group) is 1. The van der Waals surface area contributed by atoms with E-state index in [1.54, 1.807) is 35.6 Å². The number of anilines is 1. The number of thiophene rings is 1. The molecule has 1 aliphatic heterocycles. The average molecular weight is 651 g/mol. The van der Waals surface area contributed by atoms with Crippen molar-refractivity contribution in [3.8, 4) is 11.3 Å². The molecule has 0 atom stereocenters. The van der Waals surface area contributed by atoms with Gasteiger partial charge >= 0.3 is 5.97 Å². The molecule has 2 aromatic heterocycles. The summed E-state index contributed by atoms with van der Waals surface area (Å²) in [5.74, 6) is -0.946. The highest BCUT2D eigenvalue weighted by atomic mass is 32.1. The monoisotopic (exact) mass is 650 g/mol. The molecule has 3 N–H and O–H groups in total. The van der Waals surface area contributed by atoms with Gasteiger partial charge in [-0.1, -0.05) is 68.5 Å². The van der Waals surface area contributed by atoms with Gasteiger partial charge in [0.05, 0.1) is 20.8 Å². The molecule has 0 bridgehead atoms. The molecule has 0 saturated heterocycles. The Hall–Kier alpha value is -4.21. The smallest absolute Gasteiger partial charge is 0.328 e. The second-order valence-corrected chi connectivity index (χ2v) is 14.5. The summed E-state index contributed by atoms with van der Waals surface area (Å²) in [7, 11) is 2.17. The number of carbonyl (C=O) groups excluding carboxylic acids is 2. The quantitative estimate of drug-likeness (QED) is 0.178. The Bertz CT molecular complexity index is 1840. The molecule has 3 aliphatic rings. The first-order chi connectivity index (χ1) is 22.8. The van der Waals surface area contributed by atoms with Gasteiger partial charge in [-0.05, 0) is 79.6 Å². The highest BCUT2D eigenvalue weighted by molar-refractivity contribution is 7.21. The highest BCUT2D eigenvalue weighted by Crippen LogP contribution is 2.48. The topological polar surface area (TPSA) is 104 Å². The van der Waals surface area contributed by atoms with Crippen molar-refractivity contribution >= 4 is 51.1 Å². The third-order valence-corrected chi connectivity index (χ3v) is 11.4. The van der Waals surface area contributed by atoms with E-state index in [1.807, 2.05) is 0 Å². The molecule has 4 aromatic rings. The number of hydrogen-bond acceptors (Lipinski definition) is 5. The van der Waals surface area contributed by atoms with Gasteiger partial charge in [0.2, 0.25) is 5.91 Å². The molecule has 0 unspecified atom stereocenters. The number of aromatic nitrogens is 1. The summed E-state index contributed by atoms with van der Waals surface area (Å²) >= 11 is 1.59. The summed E-state index contributed by atoms with van der Waals surface area (Å²) in [6.45, 7) is 2.70. The van der Waals surface area contributed by atoms with Crippen molar-refractivity contribution < 1.29 is 19.5 Å². The molecular weight excluding hydrogens is 609 g/mol. The Morgan fingerprint density at radius 1 is 0.957 bits per heavy atom. The minimum atomic E-state index is -1.02. The third kappa shape index (κ3) is 6.26. The molecule has 2 aromatic carbocycles. The van der Waals surface area contributed by atoms with Gasteiger partial charge in [-0.2, -0.15) is 0 Å². The van der Waals surface area contributed by atoms with Crippen LogP contribution in [0, 0.1) is 0 Å². The lowest BCUT2D eigenvalue weighted by Crippen LogP contribution is -2.54. The van der Waals surface area contributed by atoms with Crippen LogP contribution < -0.4 is 10.6 Å². The molecule has 2 fully saturated rings. The maximum atomic E-state index is 14.1. The fraction of sp³-hybridized carbons (Fsp3) is 0.395. The van der Waals surface area contributed by atoms with Crippen molar-refractivity contribution in [2.75, 3.05) is 18.9 Å².